The molecule has 3 nitrogen and oxygen atoms in total. The van der Waals surface area contributed by atoms with Crippen LogP contribution in [0.4, 0.5) is 13.2 Å². The van der Waals surface area contributed by atoms with Gasteiger partial charge in [-0.2, -0.15) is 13.2 Å². The molecule has 0 fully saturated rings. The van der Waals surface area contributed by atoms with E-state index in [1.807, 2.05) is 6.92 Å². The number of alkyl halides is 3. The van der Waals surface area contributed by atoms with E-state index in [4.69, 9.17) is 11.6 Å². The third-order valence-corrected chi connectivity index (χ3v) is 4.49. The molecule has 0 radical (unpaired) electrons. The van der Waals surface area contributed by atoms with Crippen LogP contribution in [0.5, 0.6) is 0 Å². The summed E-state index contributed by atoms with van der Waals surface area (Å²) >= 11 is 6.05. The van der Waals surface area contributed by atoms with Crippen molar-refractivity contribution in [1.82, 2.24) is 9.88 Å². The van der Waals surface area contributed by atoms with Gasteiger partial charge in [-0.1, -0.05) is 35.6 Å². The maximum absolute atomic E-state index is 12.4. The van der Waals surface area contributed by atoms with Crippen LogP contribution in [0, 0.1) is 25.7 Å². The summed E-state index contributed by atoms with van der Waals surface area (Å²) in [6, 6.07) is 7.09. The molecule has 0 aliphatic carbocycles. The lowest BCUT2D eigenvalue weighted by Gasteiger charge is -2.14. The topological polar surface area (TPSA) is 36.1 Å². The van der Waals surface area contributed by atoms with Gasteiger partial charge < -0.3 is 4.98 Å². The summed E-state index contributed by atoms with van der Waals surface area (Å²) in [5.74, 6) is 5.77. The molecule has 28 heavy (non-hydrogen) atoms. The second-order valence-electron chi connectivity index (χ2n) is 6.38. The molecule has 1 aromatic carbocycles. The summed E-state index contributed by atoms with van der Waals surface area (Å²) in [6.45, 7) is 3.70. The lowest BCUT2D eigenvalue weighted by molar-refractivity contribution is -0.137. The summed E-state index contributed by atoms with van der Waals surface area (Å²) < 4.78 is 36.6. The van der Waals surface area contributed by atoms with Crippen molar-refractivity contribution >= 4 is 24.0 Å². The fourth-order valence-corrected chi connectivity index (χ4v) is 2.73. The number of aromatic amines is 1. The van der Waals surface area contributed by atoms with Crippen LogP contribution in [0.1, 0.15) is 23.4 Å². The Balaban J connectivity index is 0.00000392. The maximum atomic E-state index is 12.4. The third-order valence-electron chi connectivity index (χ3n) is 4.04. The molecule has 8 heteroatoms. The summed E-state index contributed by atoms with van der Waals surface area (Å²) in [4.78, 5) is 17.0. The van der Waals surface area contributed by atoms with Crippen molar-refractivity contribution in [3.8, 4) is 23.0 Å². The van der Waals surface area contributed by atoms with E-state index in [-0.39, 0.29) is 35.9 Å². The monoisotopic (exact) mass is 432 g/mol. The number of nitrogens with one attached hydrogen (secondary N) is 1. The predicted molar refractivity (Wildman–Crippen MR) is 109 cm³/mol. The smallest absolute Gasteiger partial charge is 0.361 e. The minimum Gasteiger partial charge on any atom is -0.361 e. The van der Waals surface area contributed by atoms with E-state index in [0.717, 1.165) is 16.8 Å². The van der Waals surface area contributed by atoms with Crippen molar-refractivity contribution < 1.29 is 13.2 Å². The van der Waals surface area contributed by atoms with E-state index in [0.29, 0.717) is 11.3 Å². The fraction of sp³-hybridized carbons (Fsp3) is 0.350. The van der Waals surface area contributed by atoms with E-state index in [1.165, 1.54) is 4.90 Å². The van der Waals surface area contributed by atoms with Crippen LogP contribution >= 0.6 is 24.0 Å². The van der Waals surface area contributed by atoms with E-state index < -0.39 is 12.6 Å². The van der Waals surface area contributed by atoms with E-state index >= 15 is 0 Å². The zero-order valence-corrected chi connectivity index (χ0v) is 17.3. The summed E-state index contributed by atoms with van der Waals surface area (Å²) in [6.07, 6.45) is -5.01. The van der Waals surface area contributed by atoms with Gasteiger partial charge in [-0.3, -0.25) is 9.69 Å². The molecule has 2 rings (SSSR count). The average molecular weight is 433 g/mol. The van der Waals surface area contributed by atoms with Gasteiger partial charge in [0, 0.05) is 29.1 Å². The minimum atomic E-state index is -4.16. The van der Waals surface area contributed by atoms with Crippen LogP contribution in [0.15, 0.2) is 29.1 Å². The Morgan fingerprint density at radius 2 is 1.75 bits per heavy atom. The SMILES string of the molecule is Cc1[nH]c(C)c(-c2ccc(C#CCN(C)CCC(F)(F)F)cc2)c(=O)c1Cl.Cl. The molecular weight excluding hydrogens is 412 g/mol. The van der Waals surface area contributed by atoms with Crippen LogP contribution in [0.3, 0.4) is 0 Å². The van der Waals surface area contributed by atoms with Gasteiger partial charge in [0.15, 0.2) is 0 Å². The highest BCUT2D eigenvalue weighted by atomic mass is 35.5. The lowest BCUT2D eigenvalue weighted by atomic mass is 10.0. The molecule has 1 heterocycles. The second-order valence-corrected chi connectivity index (χ2v) is 6.75. The van der Waals surface area contributed by atoms with Crippen LogP contribution in [0.25, 0.3) is 11.1 Å². The number of rotatable bonds is 4. The van der Waals surface area contributed by atoms with E-state index in [2.05, 4.69) is 16.8 Å². The normalized spacial score (nSPS) is 11.0. The Labute approximate surface area is 173 Å². The number of benzene rings is 1. The molecule has 0 atom stereocenters. The van der Waals surface area contributed by atoms with Crippen molar-refractivity contribution in [3.05, 3.63) is 56.5 Å². The highest BCUT2D eigenvalue weighted by Crippen LogP contribution is 2.22. The third kappa shape index (κ3) is 6.59. The lowest BCUT2D eigenvalue weighted by Crippen LogP contribution is -2.24. The van der Waals surface area contributed by atoms with Gasteiger partial charge in [0.2, 0.25) is 5.43 Å². The van der Waals surface area contributed by atoms with E-state index in [9.17, 15) is 18.0 Å². The molecule has 0 saturated carbocycles. The number of aromatic nitrogens is 1. The van der Waals surface area contributed by atoms with Crippen molar-refractivity contribution in [2.45, 2.75) is 26.4 Å². The first kappa shape index (κ1) is 24.1. The Morgan fingerprint density at radius 1 is 1.14 bits per heavy atom. The molecule has 0 aliphatic rings. The minimum absolute atomic E-state index is 0. The number of aryl methyl sites for hydroxylation is 2. The fourth-order valence-electron chi connectivity index (χ4n) is 2.59. The van der Waals surface area contributed by atoms with Crippen LogP contribution in [-0.4, -0.2) is 36.2 Å². The number of hydrogen-bond donors (Lipinski definition) is 1. The standard InChI is InChI=1S/C20H20ClF3N2O.ClH/c1-13-17(19(27)18(21)14(2)25-13)16-8-6-15(7-9-16)5-4-11-26(3)12-10-20(22,23)24;/h6-9H,10-12H2,1-3H3,(H,25,27);1H. The van der Waals surface area contributed by atoms with Crippen LogP contribution < -0.4 is 5.43 Å². The van der Waals surface area contributed by atoms with Gasteiger partial charge in [0.1, 0.15) is 5.02 Å². The van der Waals surface area contributed by atoms with Gasteiger partial charge in [-0.15, -0.1) is 12.4 Å². The number of nitrogens with zero attached hydrogens (tertiary/aromatic N) is 1. The largest absolute Gasteiger partial charge is 0.390 e. The van der Waals surface area contributed by atoms with Gasteiger partial charge in [-0.05, 0) is 38.6 Å². The first-order chi connectivity index (χ1) is 12.6. The highest BCUT2D eigenvalue weighted by Gasteiger charge is 2.26. The molecule has 2 aromatic rings. The van der Waals surface area contributed by atoms with Crippen LogP contribution in [-0.2, 0) is 0 Å². The number of halogens is 5. The molecule has 0 spiro atoms. The molecule has 0 bridgehead atoms. The Kier molecular flexibility index (Phi) is 8.62. The Morgan fingerprint density at radius 3 is 2.32 bits per heavy atom. The molecular formula is C20H21Cl2F3N2O. The van der Waals surface area contributed by atoms with Gasteiger partial charge in [0.05, 0.1) is 13.0 Å². The summed E-state index contributed by atoms with van der Waals surface area (Å²) in [5, 5.41) is 0.168. The molecule has 0 unspecified atom stereocenters. The van der Waals surface area contributed by atoms with E-state index in [1.54, 1.807) is 38.2 Å². The highest BCUT2D eigenvalue weighted by molar-refractivity contribution is 6.31. The number of hydrogen-bond acceptors (Lipinski definition) is 2. The second kappa shape index (κ2) is 10.0. The molecule has 152 valence electrons. The predicted octanol–water partition coefficient (Wildman–Crippen LogP) is 4.97. The number of H-pyrrole nitrogens is 1. The summed E-state index contributed by atoms with van der Waals surface area (Å²) in [5.41, 5.74) is 3.08. The zero-order valence-electron chi connectivity index (χ0n) is 15.7. The van der Waals surface area contributed by atoms with Crippen molar-refractivity contribution in [2.24, 2.45) is 0 Å². The van der Waals surface area contributed by atoms with Gasteiger partial charge in [-0.25, -0.2) is 0 Å². The van der Waals surface area contributed by atoms with Crippen molar-refractivity contribution in [2.75, 3.05) is 20.1 Å². The molecule has 1 aromatic heterocycles. The molecule has 1 N–H and O–H groups in total. The Bertz CT molecular complexity index is 926. The zero-order chi connectivity index (χ0) is 20.2. The molecule has 0 amide bonds. The number of pyridine rings is 1. The Hall–Kier alpha value is -1.94. The molecule has 0 saturated heterocycles. The first-order valence-electron chi connectivity index (χ1n) is 8.32. The van der Waals surface area contributed by atoms with Gasteiger partial charge in [0.25, 0.3) is 0 Å². The maximum Gasteiger partial charge on any atom is 0.390 e. The molecule has 0 aliphatic heterocycles. The van der Waals surface area contributed by atoms with Gasteiger partial charge >= 0.3 is 6.18 Å². The quantitative estimate of drug-likeness (QED) is 0.692. The first-order valence-corrected chi connectivity index (χ1v) is 8.70. The van der Waals surface area contributed by atoms with Crippen molar-refractivity contribution in [1.29, 1.82) is 0 Å². The summed E-state index contributed by atoms with van der Waals surface area (Å²) in [7, 11) is 1.60. The van der Waals surface area contributed by atoms with Crippen LogP contribution in [0.2, 0.25) is 5.02 Å². The average Bonchev–Trinajstić information content (AvgIpc) is 2.59. The van der Waals surface area contributed by atoms with Crippen molar-refractivity contribution in [3.63, 3.8) is 0 Å².